The van der Waals surface area contributed by atoms with E-state index < -0.39 is 20.6 Å². The molecular formula is C14H14BrNO3S2. The number of hydrogen-bond acceptors (Lipinski definition) is 4. The molecule has 0 aliphatic carbocycles. The first kappa shape index (κ1) is 16.2. The summed E-state index contributed by atoms with van der Waals surface area (Å²) in [6.45, 7) is 0. The number of sulfone groups is 1. The molecule has 0 aromatic heterocycles. The third kappa shape index (κ3) is 4.15. The standard InChI is InChI=1S/C14H14BrNO3S2/c1-21(18,19)12-5-3-11(4-6-12)20(17)9-10-2-7-13(15)14(16)8-10/h2-8H,9,16H2,1H3. The zero-order chi connectivity index (χ0) is 15.6. The SMILES string of the molecule is CS(=O)(=O)c1ccc(S(=O)Cc2ccc(Br)c(N)c2)cc1. The normalized spacial score (nSPS) is 13.0. The molecule has 7 heteroatoms. The second-order valence-corrected chi connectivity index (χ2v) is 8.91. The van der Waals surface area contributed by atoms with E-state index in [1.165, 1.54) is 12.1 Å². The Kier molecular flexibility index (Phi) is 4.85. The molecule has 0 bridgehead atoms. The predicted molar refractivity (Wildman–Crippen MR) is 88.2 cm³/mol. The highest BCUT2D eigenvalue weighted by atomic mass is 79.9. The Morgan fingerprint density at radius 3 is 2.29 bits per heavy atom. The van der Waals surface area contributed by atoms with E-state index in [-0.39, 0.29) is 4.90 Å². The molecule has 0 aliphatic heterocycles. The van der Waals surface area contributed by atoms with E-state index in [1.807, 2.05) is 12.1 Å². The fraction of sp³-hybridized carbons (Fsp3) is 0.143. The summed E-state index contributed by atoms with van der Waals surface area (Å²) < 4.78 is 35.8. The summed E-state index contributed by atoms with van der Waals surface area (Å²) in [5.41, 5.74) is 7.25. The van der Waals surface area contributed by atoms with Crippen LogP contribution in [-0.4, -0.2) is 18.9 Å². The monoisotopic (exact) mass is 387 g/mol. The lowest BCUT2D eigenvalue weighted by molar-refractivity contribution is 0.601. The van der Waals surface area contributed by atoms with Crippen molar-refractivity contribution in [3.05, 3.63) is 52.5 Å². The number of anilines is 1. The highest BCUT2D eigenvalue weighted by Crippen LogP contribution is 2.22. The van der Waals surface area contributed by atoms with Crippen LogP contribution in [-0.2, 0) is 26.4 Å². The molecule has 21 heavy (non-hydrogen) atoms. The Bertz CT molecular complexity index is 786. The molecule has 0 spiro atoms. The van der Waals surface area contributed by atoms with Crippen LogP contribution in [0.2, 0.25) is 0 Å². The van der Waals surface area contributed by atoms with E-state index in [2.05, 4.69) is 15.9 Å². The minimum Gasteiger partial charge on any atom is -0.398 e. The van der Waals surface area contributed by atoms with Crippen molar-refractivity contribution in [2.24, 2.45) is 0 Å². The summed E-state index contributed by atoms with van der Waals surface area (Å²) in [4.78, 5) is 0.806. The van der Waals surface area contributed by atoms with Crippen molar-refractivity contribution in [3.8, 4) is 0 Å². The van der Waals surface area contributed by atoms with Gasteiger partial charge in [0.25, 0.3) is 0 Å². The van der Waals surface area contributed by atoms with Gasteiger partial charge >= 0.3 is 0 Å². The molecule has 2 rings (SSSR count). The zero-order valence-corrected chi connectivity index (χ0v) is 14.5. The van der Waals surface area contributed by atoms with Crippen molar-refractivity contribution in [1.29, 1.82) is 0 Å². The van der Waals surface area contributed by atoms with Crippen LogP contribution in [0.25, 0.3) is 0 Å². The summed E-state index contributed by atoms with van der Waals surface area (Å²) in [6.07, 6.45) is 1.14. The van der Waals surface area contributed by atoms with Gasteiger partial charge in [-0.3, -0.25) is 4.21 Å². The molecule has 0 heterocycles. The first-order chi connectivity index (χ1) is 9.77. The molecule has 0 fully saturated rings. The van der Waals surface area contributed by atoms with Crippen LogP contribution in [0.4, 0.5) is 5.69 Å². The van der Waals surface area contributed by atoms with Crippen LogP contribution in [0.5, 0.6) is 0 Å². The van der Waals surface area contributed by atoms with Crippen LogP contribution in [0.15, 0.2) is 56.7 Å². The van der Waals surface area contributed by atoms with E-state index in [4.69, 9.17) is 5.73 Å². The smallest absolute Gasteiger partial charge is 0.175 e. The van der Waals surface area contributed by atoms with Gasteiger partial charge in [0.2, 0.25) is 0 Å². The first-order valence-electron chi connectivity index (χ1n) is 6.00. The summed E-state index contributed by atoms with van der Waals surface area (Å²) >= 11 is 3.31. The van der Waals surface area contributed by atoms with E-state index in [1.54, 1.807) is 18.2 Å². The lowest BCUT2D eigenvalue weighted by Crippen LogP contribution is -2.00. The predicted octanol–water partition coefficient (Wildman–Crippen LogP) is 2.74. The zero-order valence-electron chi connectivity index (χ0n) is 11.2. The maximum absolute atomic E-state index is 12.3. The number of benzene rings is 2. The second kappa shape index (κ2) is 6.29. The molecule has 2 N–H and O–H groups in total. The van der Waals surface area contributed by atoms with Crippen molar-refractivity contribution in [2.45, 2.75) is 15.5 Å². The summed E-state index contributed by atoms with van der Waals surface area (Å²) in [7, 11) is -4.49. The van der Waals surface area contributed by atoms with Crippen LogP contribution >= 0.6 is 15.9 Å². The van der Waals surface area contributed by atoms with Gasteiger partial charge < -0.3 is 5.73 Å². The molecule has 0 amide bonds. The highest BCUT2D eigenvalue weighted by Gasteiger charge is 2.10. The maximum atomic E-state index is 12.3. The van der Waals surface area contributed by atoms with Gasteiger partial charge in [0.05, 0.1) is 21.4 Å². The van der Waals surface area contributed by atoms with Gasteiger partial charge in [-0.25, -0.2) is 8.42 Å². The number of hydrogen-bond donors (Lipinski definition) is 1. The number of halogens is 1. The maximum Gasteiger partial charge on any atom is 0.175 e. The van der Waals surface area contributed by atoms with Gasteiger partial charge in [-0.2, -0.15) is 0 Å². The Hall–Kier alpha value is -1.18. The second-order valence-electron chi connectivity index (χ2n) is 4.59. The lowest BCUT2D eigenvalue weighted by Gasteiger charge is -2.06. The average molecular weight is 388 g/mol. The number of rotatable bonds is 4. The van der Waals surface area contributed by atoms with Gasteiger partial charge in [0.15, 0.2) is 9.84 Å². The van der Waals surface area contributed by atoms with Gasteiger partial charge in [-0.05, 0) is 57.9 Å². The molecule has 0 aliphatic rings. The number of nitrogens with two attached hydrogens (primary N) is 1. The Morgan fingerprint density at radius 1 is 1.14 bits per heavy atom. The third-order valence-corrected chi connectivity index (χ3v) is 6.12. The lowest BCUT2D eigenvalue weighted by atomic mass is 10.2. The van der Waals surface area contributed by atoms with Gasteiger partial charge in [-0.15, -0.1) is 0 Å². The van der Waals surface area contributed by atoms with E-state index >= 15 is 0 Å². The third-order valence-electron chi connectivity index (χ3n) is 2.87. The Morgan fingerprint density at radius 2 is 1.76 bits per heavy atom. The van der Waals surface area contributed by atoms with E-state index in [0.29, 0.717) is 16.3 Å². The molecule has 1 unspecified atom stereocenters. The molecule has 0 saturated heterocycles. The molecule has 0 radical (unpaired) electrons. The van der Waals surface area contributed by atoms with Crippen molar-refractivity contribution < 1.29 is 12.6 Å². The van der Waals surface area contributed by atoms with Gasteiger partial charge in [0, 0.05) is 21.3 Å². The summed E-state index contributed by atoms with van der Waals surface area (Å²) in [5.74, 6) is 0.329. The number of nitrogen functional groups attached to an aromatic ring is 1. The van der Waals surface area contributed by atoms with Crippen molar-refractivity contribution in [2.75, 3.05) is 12.0 Å². The molecule has 4 nitrogen and oxygen atoms in total. The quantitative estimate of drug-likeness (QED) is 0.818. The van der Waals surface area contributed by atoms with Crippen molar-refractivity contribution in [3.63, 3.8) is 0 Å². The fourth-order valence-electron chi connectivity index (χ4n) is 1.76. The minimum atomic E-state index is -3.24. The first-order valence-corrected chi connectivity index (χ1v) is 10.00. The molecule has 2 aromatic rings. The topological polar surface area (TPSA) is 77.2 Å². The van der Waals surface area contributed by atoms with Crippen LogP contribution in [0, 0.1) is 0 Å². The minimum absolute atomic E-state index is 0.219. The fourth-order valence-corrected chi connectivity index (χ4v) is 3.72. The molecular weight excluding hydrogens is 374 g/mol. The molecule has 2 aromatic carbocycles. The van der Waals surface area contributed by atoms with Crippen LogP contribution in [0.1, 0.15) is 5.56 Å². The Labute approximate surface area is 134 Å². The van der Waals surface area contributed by atoms with E-state index in [0.717, 1.165) is 16.3 Å². The van der Waals surface area contributed by atoms with Crippen LogP contribution < -0.4 is 5.73 Å². The van der Waals surface area contributed by atoms with Crippen LogP contribution in [0.3, 0.4) is 0 Å². The van der Waals surface area contributed by atoms with Gasteiger partial charge in [-0.1, -0.05) is 6.07 Å². The Balaban J connectivity index is 2.18. The van der Waals surface area contributed by atoms with Crippen molar-refractivity contribution >= 4 is 42.3 Å². The summed E-state index contributed by atoms with van der Waals surface area (Å²) in [6, 6.07) is 11.5. The molecule has 0 saturated carbocycles. The average Bonchev–Trinajstić information content (AvgIpc) is 2.42. The van der Waals surface area contributed by atoms with E-state index in [9.17, 15) is 12.6 Å². The highest BCUT2D eigenvalue weighted by molar-refractivity contribution is 9.10. The largest absolute Gasteiger partial charge is 0.398 e. The molecule has 1 atom stereocenters. The molecule has 112 valence electrons. The van der Waals surface area contributed by atoms with Gasteiger partial charge in [0.1, 0.15) is 0 Å². The summed E-state index contributed by atoms with van der Waals surface area (Å²) in [5, 5.41) is 0. The van der Waals surface area contributed by atoms with Crippen molar-refractivity contribution in [1.82, 2.24) is 0 Å².